The van der Waals surface area contributed by atoms with E-state index in [0.29, 0.717) is 20.5 Å². The molecule has 1 aliphatic heterocycles. The minimum atomic E-state index is -3.02. The number of piperidine rings is 1. The molecule has 1 N–H and O–H groups in total. The van der Waals surface area contributed by atoms with Crippen LogP contribution in [0.15, 0.2) is 36.7 Å². The van der Waals surface area contributed by atoms with E-state index in [4.69, 9.17) is 11.6 Å². The summed E-state index contributed by atoms with van der Waals surface area (Å²) < 4.78 is 42.4. The van der Waals surface area contributed by atoms with Crippen molar-refractivity contribution < 1.29 is 18.0 Å². The Morgan fingerprint density at radius 2 is 1.94 bits per heavy atom. The largest absolute Gasteiger partial charge is 0.352 e. The van der Waals surface area contributed by atoms with Gasteiger partial charge in [-0.1, -0.05) is 30.7 Å². The molecule has 174 valence electrons. The van der Waals surface area contributed by atoms with Crippen molar-refractivity contribution in [3.05, 3.63) is 58.2 Å². The number of anilines is 1. The Kier molecular flexibility index (Phi) is 6.58. The van der Waals surface area contributed by atoms with Crippen LogP contribution in [0.2, 0.25) is 5.02 Å². The Hall–Kier alpha value is -2.72. The number of aromatic nitrogens is 3. The second-order valence-corrected chi connectivity index (χ2v) is 9.70. The number of aryl methyl sites for hydroxylation is 1. The van der Waals surface area contributed by atoms with Gasteiger partial charge in [0.2, 0.25) is 5.95 Å². The van der Waals surface area contributed by atoms with Crippen LogP contribution in [0.25, 0.3) is 10.4 Å². The van der Waals surface area contributed by atoms with Crippen LogP contribution in [-0.2, 0) is 0 Å². The average Bonchev–Trinajstić information content (AvgIpc) is 3.15. The fourth-order valence-corrected chi connectivity index (χ4v) is 5.00. The molecule has 6 nitrogen and oxygen atoms in total. The van der Waals surface area contributed by atoms with Gasteiger partial charge >= 0.3 is 0 Å². The van der Waals surface area contributed by atoms with Crippen molar-refractivity contribution in [2.75, 3.05) is 18.4 Å². The normalized spacial score (nSPS) is 20.0. The van der Waals surface area contributed by atoms with Crippen molar-refractivity contribution in [2.24, 2.45) is 5.92 Å². The number of likely N-dealkylation sites (tertiary alicyclic amines) is 1. The molecule has 0 saturated carbocycles. The van der Waals surface area contributed by atoms with E-state index in [1.807, 2.05) is 0 Å². The van der Waals surface area contributed by atoms with Gasteiger partial charge in [-0.05, 0) is 30.5 Å². The van der Waals surface area contributed by atoms with Crippen LogP contribution in [0, 0.1) is 18.7 Å². The van der Waals surface area contributed by atoms with E-state index in [2.05, 4.69) is 20.3 Å². The SMILES string of the molecule is Cc1nc(C(=O)N2CC(F)(F)C[C@@H](C)[C@H]2CNc2ncc(Cl)cn2)c(-c2ccc(F)cc2)s1. The van der Waals surface area contributed by atoms with E-state index in [1.165, 1.54) is 40.8 Å². The number of amides is 1. The van der Waals surface area contributed by atoms with Gasteiger partial charge in [-0.2, -0.15) is 0 Å². The Bertz CT molecular complexity index is 1140. The third-order valence-electron chi connectivity index (χ3n) is 5.47. The quantitative estimate of drug-likeness (QED) is 0.520. The van der Waals surface area contributed by atoms with Crippen LogP contribution in [0.5, 0.6) is 0 Å². The molecule has 0 bridgehead atoms. The van der Waals surface area contributed by atoms with Crippen LogP contribution >= 0.6 is 22.9 Å². The summed E-state index contributed by atoms with van der Waals surface area (Å²) in [5, 5.41) is 3.99. The number of nitrogens with zero attached hydrogens (tertiary/aromatic N) is 4. The van der Waals surface area contributed by atoms with Gasteiger partial charge in [0.15, 0.2) is 0 Å². The molecule has 1 amide bonds. The maximum absolute atomic E-state index is 14.5. The van der Waals surface area contributed by atoms with E-state index in [0.717, 1.165) is 0 Å². The first kappa shape index (κ1) is 23.4. The zero-order valence-electron chi connectivity index (χ0n) is 17.9. The van der Waals surface area contributed by atoms with Crippen molar-refractivity contribution in [2.45, 2.75) is 32.2 Å². The number of thiazole rings is 1. The van der Waals surface area contributed by atoms with E-state index in [9.17, 15) is 18.0 Å². The highest BCUT2D eigenvalue weighted by atomic mass is 35.5. The highest BCUT2D eigenvalue weighted by Crippen LogP contribution is 2.37. The van der Waals surface area contributed by atoms with Crippen molar-refractivity contribution in [1.82, 2.24) is 19.9 Å². The van der Waals surface area contributed by atoms with E-state index in [1.54, 1.807) is 26.0 Å². The lowest BCUT2D eigenvalue weighted by Crippen LogP contribution is -2.57. The number of hydrogen-bond acceptors (Lipinski definition) is 6. The van der Waals surface area contributed by atoms with Gasteiger partial charge in [0.05, 0.1) is 39.9 Å². The minimum absolute atomic E-state index is 0.0850. The van der Waals surface area contributed by atoms with Gasteiger partial charge in [0.25, 0.3) is 11.8 Å². The van der Waals surface area contributed by atoms with Crippen molar-refractivity contribution in [3.8, 4) is 10.4 Å². The molecule has 0 unspecified atom stereocenters. The Morgan fingerprint density at radius 1 is 1.27 bits per heavy atom. The first-order valence-electron chi connectivity index (χ1n) is 10.3. The van der Waals surface area contributed by atoms with Crippen molar-refractivity contribution in [3.63, 3.8) is 0 Å². The average molecular weight is 496 g/mol. The number of nitrogens with one attached hydrogen (secondary N) is 1. The topological polar surface area (TPSA) is 71.0 Å². The summed E-state index contributed by atoms with van der Waals surface area (Å²) >= 11 is 7.07. The zero-order chi connectivity index (χ0) is 23.8. The maximum atomic E-state index is 14.5. The third-order valence-corrected chi connectivity index (χ3v) is 6.69. The minimum Gasteiger partial charge on any atom is -0.352 e. The summed E-state index contributed by atoms with van der Waals surface area (Å²) in [6.45, 7) is 2.89. The van der Waals surface area contributed by atoms with Gasteiger partial charge in [0, 0.05) is 13.0 Å². The van der Waals surface area contributed by atoms with Crippen LogP contribution in [0.4, 0.5) is 19.1 Å². The predicted molar refractivity (Wildman–Crippen MR) is 121 cm³/mol. The number of rotatable bonds is 5. The van der Waals surface area contributed by atoms with Gasteiger partial charge in [-0.25, -0.2) is 28.1 Å². The van der Waals surface area contributed by atoms with Crippen LogP contribution in [0.1, 0.15) is 28.8 Å². The van der Waals surface area contributed by atoms with Gasteiger partial charge in [-0.3, -0.25) is 4.79 Å². The standard InChI is InChI=1S/C22H21ClF3N5OS/c1-12-7-22(25,26)11-31(17(12)10-29-21-27-8-15(23)9-28-21)20(32)18-19(33-13(2)30-18)14-3-5-16(24)6-4-14/h3-6,8-9,12,17H,7,10-11H2,1-2H3,(H,27,28,29)/t12-,17-/m1/s1. The summed E-state index contributed by atoms with van der Waals surface area (Å²) in [7, 11) is 0. The lowest BCUT2D eigenvalue weighted by molar-refractivity contribution is -0.0898. The molecule has 0 spiro atoms. The lowest BCUT2D eigenvalue weighted by atomic mass is 9.88. The summed E-state index contributed by atoms with van der Waals surface area (Å²) in [5.74, 6) is -4.23. The Morgan fingerprint density at radius 3 is 2.61 bits per heavy atom. The monoisotopic (exact) mass is 495 g/mol. The molecular formula is C22H21ClF3N5OS. The second kappa shape index (κ2) is 9.26. The molecule has 1 aliphatic rings. The van der Waals surface area contributed by atoms with Crippen molar-refractivity contribution >= 4 is 34.8 Å². The third kappa shape index (κ3) is 5.27. The molecule has 11 heteroatoms. The second-order valence-electron chi connectivity index (χ2n) is 8.06. The smallest absolute Gasteiger partial charge is 0.274 e. The van der Waals surface area contributed by atoms with Gasteiger partial charge < -0.3 is 10.2 Å². The number of benzene rings is 1. The van der Waals surface area contributed by atoms with Crippen LogP contribution in [-0.4, -0.2) is 50.8 Å². The molecule has 3 heterocycles. The molecule has 1 fully saturated rings. The zero-order valence-corrected chi connectivity index (χ0v) is 19.4. The molecule has 1 aromatic carbocycles. The van der Waals surface area contributed by atoms with E-state index < -0.39 is 36.2 Å². The molecule has 0 radical (unpaired) electrons. The molecule has 2 atom stereocenters. The van der Waals surface area contributed by atoms with E-state index >= 15 is 0 Å². The summed E-state index contributed by atoms with van der Waals surface area (Å²) in [5.41, 5.74) is 0.688. The molecule has 4 rings (SSSR count). The number of halogens is 4. The molecule has 2 aromatic heterocycles. The van der Waals surface area contributed by atoms with Crippen LogP contribution in [0.3, 0.4) is 0 Å². The first-order chi connectivity index (χ1) is 15.6. The summed E-state index contributed by atoms with van der Waals surface area (Å²) in [6, 6.07) is 5.12. The highest BCUT2D eigenvalue weighted by Gasteiger charge is 2.46. The Balaban J connectivity index is 1.64. The van der Waals surface area contributed by atoms with E-state index in [-0.39, 0.29) is 24.6 Å². The predicted octanol–water partition coefficient (Wildman–Crippen LogP) is 5.30. The van der Waals surface area contributed by atoms with Crippen LogP contribution < -0.4 is 5.32 Å². The van der Waals surface area contributed by atoms with Gasteiger partial charge in [-0.15, -0.1) is 11.3 Å². The van der Waals surface area contributed by atoms with Crippen molar-refractivity contribution in [1.29, 1.82) is 0 Å². The fraction of sp³-hybridized carbons (Fsp3) is 0.364. The molecule has 0 aliphatic carbocycles. The number of carbonyl (C=O) groups excluding carboxylic acids is 1. The number of carbonyl (C=O) groups is 1. The Labute approximate surface area is 197 Å². The summed E-state index contributed by atoms with van der Waals surface area (Å²) in [6.07, 6.45) is 2.50. The first-order valence-corrected chi connectivity index (χ1v) is 11.5. The molecular weight excluding hydrogens is 475 g/mol. The molecule has 1 saturated heterocycles. The van der Waals surface area contributed by atoms with Gasteiger partial charge in [0.1, 0.15) is 11.5 Å². The number of hydrogen-bond donors (Lipinski definition) is 1. The summed E-state index contributed by atoms with van der Waals surface area (Å²) in [4.78, 5) is 27.7. The maximum Gasteiger partial charge on any atom is 0.274 e. The molecule has 33 heavy (non-hydrogen) atoms. The fourth-order valence-electron chi connectivity index (χ4n) is 3.98. The number of alkyl halides is 2. The lowest BCUT2D eigenvalue weighted by Gasteiger charge is -2.43. The molecule has 3 aromatic rings. The highest BCUT2D eigenvalue weighted by molar-refractivity contribution is 7.15.